The molecule has 0 bridgehead atoms. The molecule has 1 aliphatic heterocycles. The van der Waals surface area contributed by atoms with E-state index in [1.165, 1.54) is 19.1 Å². The summed E-state index contributed by atoms with van der Waals surface area (Å²) in [5, 5.41) is 3.10. The Morgan fingerprint density at radius 2 is 1.75 bits per heavy atom. The van der Waals surface area contributed by atoms with Crippen molar-refractivity contribution in [2.75, 3.05) is 66.4 Å². The van der Waals surface area contributed by atoms with Gasteiger partial charge in [-0.1, -0.05) is 17.7 Å². The first-order chi connectivity index (χ1) is 18.7. The number of amides is 2. The lowest BCUT2D eigenvalue weighted by Crippen LogP contribution is -2.43. The topological polar surface area (TPSA) is 102 Å². The average Bonchev–Trinajstić information content (AvgIpc) is 3.38. The van der Waals surface area contributed by atoms with Gasteiger partial charge in [-0.3, -0.25) is 9.59 Å². The van der Waals surface area contributed by atoms with Crippen molar-refractivity contribution in [3.8, 4) is 5.75 Å². The molecule has 1 aliphatic rings. The first kappa shape index (κ1) is 31.7. The van der Waals surface area contributed by atoms with Gasteiger partial charge in [0, 0.05) is 50.5 Å². The highest BCUT2D eigenvalue weighted by Gasteiger charge is 2.28. The summed E-state index contributed by atoms with van der Waals surface area (Å²) < 4.78 is 32.5. The van der Waals surface area contributed by atoms with E-state index in [1.807, 2.05) is 18.2 Å². The van der Waals surface area contributed by atoms with Crippen LogP contribution in [0.3, 0.4) is 0 Å². The third-order valence-electron chi connectivity index (χ3n) is 7.27. The van der Waals surface area contributed by atoms with Crippen LogP contribution in [0.15, 0.2) is 35.2 Å². The molecule has 2 amide bonds. The highest BCUT2D eigenvalue weighted by molar-refractivity contribution is 7.89. The number of benzene rings is 2. The normalized spacial score (nSPS) is 15.6. The molecule has 0 radical (unpaired) electrons. The van der Waals surface area contributed by atoms with Gasteiger partial charge in [0.25, 0.3) is 0 Å². The van der Waals surface area contributed by atoms with Crippen molar-refractivity contribution >= 4 is 39.1 Å². The molecule has 10 nitrogen and oxygen atoms in total. The van der Waals surface area contributed by atoms with Crippen LogP contribution in [0.25, 0.3) is 0 Å². The van der Waals surface area contributed by atoms with Crippen LogP contribution in [-0.2, 0) is 26.2 Å². The minimum absolute atomic E-state index is 0.129. The average molecular weight is 594 g/mol. The van der Waals surface area contributed by atoms with Gasteiger partial charge in [0.2, 0.25) is 21.8 Å². The summed E-state index contributed by atoms with van der Waals surface area (Å²) in [4.78, 5) is 31.4. The first-order valence-corrected chi connectivity index (χ1v) is 14.9. The molecule has 1 saturated heterocycles. The van der Waals surface area contributed by atoms with E-state index in [2.05, 4.69) is 29.2 Å². The maximum atomic E-state index is 13.2. The number of hydrogen-bond acceptors (Lipinski definition) is 7. The molecule has 1 atom stereocenters. The minimum atomic E-state index is -3.94. The third-order valence-corrected chi connectivity index (χ3v) is 9.73. The van der Waals surface area contributed by atoms with Crippen molar-refractivity contribution in [2.24, 2.45) is 0 Å². The molecule has 1 N–H and O–H groups in total. The summed E-state index contributed by atoms with van der Waals surface area (Å²) in [5.41, 5.74) is 2.89. The van der Waals surface area contributed by atoms with Crippen LogP contribution in [0.4, 0.5) is 5.69 Å². The second-order valence-electron chi connectivity index (χ2n) is 10.5. The number of nitrogens with zero attached hydrogens (tertiary/aromatic N) is 4. The van der Waals surface area contributed by atoms with Gasteiger partial charge in [0.05, 0.1) is 25.1 Å². The van der Waals surface area contributed by atoms with Crippen LogP contribution in [-0.4, -0.2) is 102 Å². The van der Waals surface area contributed by atoms with Crippen molar-refractivity contribution in [1.29, 1.82) is 0 Å². The van der Waals surface area contributed by atoms with E-state index in [1.54, 1.807) is 33.0 Å². The highest BCUT2D eigenvalue weighted by atomic mass is 35.5. The van der Waals surface area contributed by atoms with Crippen LogP contribution in [0.2, 0.25) is 5.02 Å². The molecule has 1 unspecified atom stereocenters. The molecule has 1 fully saturated rings. The Morgan fingerprint density at radius 3 is 2.30 bits per heavy atom. The zero-order valence-electron chi connectivity index (χ0n) is 24.3. The van der Waals surface area contributed by atoms with E-state index in [9.17, 15) is 18.0 Å². The van der Waals surface area contributed by atoms with E-state index in [0.717, 1.165) is 35.1 Å². The van der Waals surface area contributed by atoms with Gasteiger partial charge < -0.3 is 24.8 Å². The molecule has 2 aromatic carbocycles. The lowest BCUT2D eigenvalue weighted by Gasteiger charge is -2.23. The Balaban J connectivity index is 1.54. The van der Waals surface area contributed by atoms with Gasteiger partial charge in [0.1, 0.15) is 5.75 Å². The number of nitrogens with one attached hydrogen (secondary N) is 1. The van der Waals surface area contributed by atoms with Crippen molar-refractivity contribution in [1.82, 2.24) is 19.4 Å². The van der Waals surface area contributed by atoms with Crippen molar-refractivity contribution < 1.29 is 22.7 Å². The fraction of sp³-hybridized carbons (Fsp3) is 0.500. The van der Waals surface area contributed by atoms with Crippen LogP contribution in [0, 0.1) is 13.8 Å². The van der Waals surface area contributed by atoms with E-state index in [-0.39, 0.29) is 23.9 Å². The molecule has 40 heavy (non-hydrogen) atoms. The monoisotopic (exact) mass is 593 g/mol. The maximum Gasteiger partial charge on any atom is 0.243 e. The lowest BCUT2D eigenvalue weighted by molar-refractivity contribution is -0.132. The van der Waals surface area contributed by atoms with Crippen LogP contribution < -0.4 is 15.0 Å². The number of methoxy groups -OCH3 is 1. The Labute approximate surface area is 242 Å². The number of likely N-dealkylation sites (N-methyl/N-ethyl adjacent to an activating group) is 3. The number of carbonyl (C=O) groups excluding carboxylic acids is 2. The van der Waals surface area contributed by atoms with E-state index >= 15 is 0 Å². The summed E-state index contributed by atoms with van der Waals surface area (Å²) in [6.07, 6.45) is 1.10. The molecule has 0 aromatic heterocycles. The fourth-order valence-electron chi connectivity index (χ4n) is 4.85. The molecule has 3 rings (SSSR count). The molecular formula is C28H40ClN5O5S. The summed E-state index contributed by atoms with van der Waals surface area (Å²) in [6, 6.07) is 9.64. The predicted molar refractivity (Wildman–Crippen MR) is 158 cm³/mol. The Morgan fingerprint density at radius 1 is 1.10 bits per heavy atom. The van der Waals surface area contributed by atoms with Crippen LogP contribution in [0.5, 0.6) is 5.75 Å². The SMILES string of the molecule is COc1cc(C)c(S(=O)(=O)N(C)CC(=O)NCC(=O)N(C)Cc2ccc(N3CCC(N(C)C)C3)cc2Cl)c(C)c1. The predicted octanol–water partition coefficient (Wildman–Crippen LogP) is 2.50. The fourth-order valence-corrected chi connectivity index (χ4v) is 6.61. The number of aryl methyl sites for hydroxylation is 2. The number of rotatable bonds is 11. The molecule has 220 valence electrons. The summed E-state index contributed by atoms with van der Waals surface area (Å²) in [5.74, 6) is -0.353. The number of ether oxygens (including phenoxy) is 1. The van der Waals surface area contributed by atoms with Gasteiger partial charge in [-0.2, -0.15) is 4.31 Å². The zero-order chi connectivity index (χ0) is 29.8. The minimum Gasteiger partial charge on any atom is -0.497 e. The van der Waals surface area contributed by atoms with Crippen LogP contribution in [0.1, 0.15) is 23.1 Å². The molecule has 2 aromatic rings. The summed E-state index contributed by atoms with van der Waals surface area (Å²) in [6.45, 7) is 4.85. The van der Waals surface area contributed by atoms with Crippen LogP contribution >= 0.6 is 11.6 Å². The number of hydrogen-bond donors (Lipinski definition) is 1. The van der Waals surface area contributed by atoms with E-state index in [4.69, 9.17) is 16.3 Å². The molecule has 0 spiro atoms. The number of anilines is 1. The lowest BCUT2D eigenvalue weighted by atomic mass is 10.1. The number of sulfonamides is 1. The third kappa shape index (κ3) is 7.45. The van der Waals surface area contributed by atoms with E-state index < -0.39 is 22.5 Å². The number of halogens is 1. The van der Waals surface area contributed by atoms with Crippen molar-refractivity contribution in [3.63, 3.8) is 0 Å². The summed E-state index contributed by atoms with van der Waals surface area (Å²) in [7, 11) is 4.71. The highest BCUT2D eigenvalue weighted by Crippen LogP contribution is 2.29. The second kappa shape index (κ2) is 13.2. The Kier molecular flexibility index (Phi) is 10.5. The first-order valence-electron chi connectivity index (χ1n) is 13.1. The Bertz CT molecular complexity index is 1330. The van der Waals surface area contributed by atoms with Gasteiger partial charge in [-0.25, -0.2) is 8.42 Å². The van der Waals surface area contributed by atoms with Gasteiger partial charge in [0.15, 0.2) is 0 Å². The van der Waals surface area contributed by atoms with Gasteiger partial charge >= 0.3 is 0 Å². The van der Waals surface area contributed by atoms with E-state index in [0.29, 0.717) is 27.9 Å². The van der Waals surface area contributed by atoms with Crippen molar-refractivity contribution in [3.05, 3.63) is 52.0 Å². The molecule has 1 heterocycles. The smallest absolute Gasteiger partial charge is 0.243 e. The molecule has 12 heteroatoms. The second-order valence-corrected chi connectivity index (χ2v) is 12.9. The van der Waals surface area contributed by atoms with Crippen molar-refractivity contribution in [2.45, 2.75) is 37.8 Å². The standard InChI is InChI=1S/C28H40ClN5O5S/c1-19-12-24(39-7)13-20(2)28(19)40(37,38)33(6)18-26(35)30-15-27(36)32(5)16-21-8-9-22(14-25(21)29)34-11-10-23(17-34)31(3)4/h8-9,12-14,23H,10-11,15-18H2,1-7H3,(H,30,35). The van der Waals surface area contributed by atoms with Gasteiger partial charge in [-0.15, -0.1) is 0 Å². The molecule has 0 aliphatic carbocycles. The maximum absolute atomic E-state index is 13.2. The largest absolute Gasteiger partial charge is 0.497 e. The van der Waals surface area contributed by atoms with Gasteiger partial charge in [-0.05, 0) is 75.3 Å². The molecule has 0 saturated carbocycles. The zero-order valence-corrected chi connectivity index (χ0v) is 25.9. The summed E-state index contributed by atoms with van der Waals surface area (Å²) >= 11 is 6.56. The number of carbonyl (C=O) groups is 2. The quantitative estimate of drug-likeness (QED) is 0.427. The molecular weight excluding hydrogens is 554 g/mol. The Hall–Kier alpha value is -2.86.